The molecule has 1 aliphatic carbocycles. The predicted molar refractivity (Wildman–Crippen MR) is 373 cm³/mol. The van der Waals surface area contributed by atoms with Crippen molar-refractivity contribution in [1.82, 2.24) is 19.9 Å². The molecule has 10 nitrogen and oxygen atoms in total. The van der Waals surface area contributed by atoms with Gasteiger partial charge in [-0.15, -0.1) is 12.2 Å². The molecule has 1 saturated carbocycles. The molecule has 452 valence electrons. The number of pyridine rings is 4. The zero-order valence-corrected chi connectivity index (χ0v) is 50.9. The van der Waals surface area contributed by atoms with Gasteiger partial charge in [0.2, 0.25) is 0 Å². The average molecular weight is 1220 g/mol. The summed E-state index contributed by atoms with van der Waals surface area (Å²) < 4.78 is 0. The SMILES string of the molecule is [O-]C1C(c2ccc(N(c3ccc(-c4cnccc4-c4ccccc4)cc3)c3ccc(-c4cnccc4-c4ccccc4)cc3)cc2O)C([O-])C1c1ccc(N(c2ccc(-c3cnccc3-c3ccccc3)cc2)c2ccc(-c3cnccc3-c3ccccc3)cc2)cc1O. The molecule has 1 aliphatic rings. The van der Waals surface area contributed by atoms with Crippen molar-refractivity contribution >= 4 is 34.1 Å². The lowest BCUT2D eigenvalue weighted by Crippen LogP contribution is -2.63. The van der Waals surface area contributed by atoms with Gasteiger partial charge in [-0.25, -0.2) is 0 Å². The molecule has 0 aliphatic heterocycles. The second-order valence-electron chi connectivity index (χ2n) is 23.5. The first-order chi connectivity index (χ1) is 46.3. The third-order valence-electron chi connectivity index (χ3n) is 18.0. The van der Waals surface area contributed by atoms with E-state index in [0.29, 0.717) is 11.4 Å². The maximum Gasteiger partial charge on any atom is 0.121 e. The lowest BCUT2D eigenvalue weighted by molar-refractivity contribution is -0.536. The van der Waals surface area contributed by atoms with Gasteiger partial charge < -0.3 is 30.2 Å². The van der Waals surface area contributed by atoms with E-state index in [1.807, 2.05) is 192 Å². The first-order valence-corrected chi connectivity index (χ1v) is 31.3. The predicted octanol–water partition coefficient (Wildman–Crippen LogP) is 18.3. The number of phenolic OH excluding ortho intramolecular Hbond substituents is 2. The van der Waals surface area contributed by atoms with Gasteiger partial charge in [-0.3, -0.25) is 19.9 Å². The summed E-state index contributed by atoms with van der Waals surface area (Å²) in [6.07, 6.45) is 11.8. The number of hydrogen-bond acceptors (Lipinski definition) is 10. The van der Waals surface area contributed by atoms with Crippen LogP contribution in [0, 0.1) is 0 Å². The van der Waals surface area contributed by atoms with E-state index in [9.17, 15) is 20.4 Å². The fraction of sp³-hybridized carbons (Fsp3) is 0.0476. The maximum atomic E-state index is 14.7. The Morgan fingerprint density at radius 2 is 0.468 bits per heavy atom. The molecule has 0 radical (unpaired) electrons. The average Bonchev–Trinajstić information content (AvgIpc) is 0.742. The Kier molecular flexibility index (Phi) is 15.9. The molecule has 10 heteroatoms. The summed E-state index contributed by atoms with van der Waals surface area (Å²) in [4.78, 5) is 22.1. The molecule has 1 fully saturated rings. The van der Waals surface area contributed by atoms with E-state index in [1.165, 1.54) is 0 Å². The monoisotopic (exact) mass is 1220 g/mol. The second kappa shape index (κ2) is 25.7. The Labute approximate surface area is 545 Å². The molecule has 94 heavy (non-hydrogen) atoms. The van der Waals surface area contributed by atoms with Crippen molar-refractivity contribution in [2.75, 3.05) is 9.80 Å². The van der Waals surface area contributed by atoms with Crippen LogP contribution in [0.5, 0.6) is 11.5 Å². The van der Waals surface area contributed by atoms with Crippen LogP contribution in [-0.2, 0) is 0 Å². The molecule has 10 aromatic carbocycles. The van der Waals surface area contributed by atoms with E-state index in [2.05, 4.69) is 117 Å². The molecule has 0 amide bonds. The zero-order valence-electron chi connectivity index (χ0n) is 50.9. The van der Waals surface area contributed by atoms with E-state index >= 15 is 0 Å². The van der Waals surface area contributed by atoms with Crippen molar-refractivity contribution in [3.8, 4) is 101 Å². The van der Waals surface area contributed by atoms with Gasteiger partial charge in [0.15, 0.2) is 0 Å². The molecule has 0 spiro atoms. The molecule has 0 bridgehead atoms. The van der Waals surface area contributed by atoms with Crippen molar-refractivity contribution in [3.63, 3.8) is 0 Å². The minimum atomic E-state index is -1.47. The van der Waals surface area contributed by atoms with Gasteiger partial charge >= 0.3 is 0 Å². The molecule has 0 atom stereocenters. The number of benzene rings is 10. The Balaban J connectivity index is 0.737. The first-order valence-electron chi connectivity index (χ1n) is 31.3. The Bertz CT molecular complexity index is 4390. The lowest BCUT2D eigenvalue weighted by atomic mass is 9.63. The standard InChI is InChI=1S/C84H60N6O4/c91-79-49-67(89(63-29-21-59(22-30-63)75-51-85-45-41-69(75)55-13-5-1-6-14-55)64-31-23-60(24-32-64)76-52-86-46-42-70(76)56-15-7-2-8-16-56)37-39-73(79)81-83(93)82(84(81)94)74-40-38-68(50-80(74)92)90(65-33-25-61(26-34-65)77-53-87-47-43-71(77)57-17-9-3-10-18-57)66-35-27-62(28-36-66)78-54-88-48-44-72(78)58-19-11-4-12-20-58/h1-54,81-84,91-92H/q-2. The number of aromatic hydroxyl groups is 2. The fourth-order valence-electron chi connectivity index (χ4n) is 13.3. The molecule has 14 aromatic rings. The van der Waals surface area contributed by atoms with Gasteiger partial charge in [-0.1, -0.05) is 182 Å². The first kappa shape index (κ1) is 58.3. The van der Waals surface area contributed by atoms with Gasteiger partial charge in [-0.05, 0) is 175 Å². The summed E-state index contributed by atoms with van der Waals surface area (Å²) in [7, 11) is 0. The van der Waals surface area contributed by atoms with Gasteiger partial charge in [0.05, 0.1) is 0 Å². The molecule has 15 rings (SSSR count). The molecule has 0 saturated heterocycles. The molecule has 0 unspecified atom stereocenters. The summed E-state index contributed by atoms with van der Waals surface area (Å²) in [5, 5.41) is 53.6. The minimum Gasteiger partial charge on any atom is -0.851 e. The normalized spacial score (nSPS) is 15.0. The summed E-state index contributed by atoms with van der Waals surface area (Å²) in [5.41, 5.74) is 21.4. The third kappa shape index (κ3) is 11.3. The number of aromatic nitrogens is 4. The van der Waals surface area contributed by atoms with Gasteiger partial charge in [0.1, 0.15) is 11.5 Å². The van der Waals surface area contributed by atoms with Crippen LogP contribution in [-0.4, -0.2) is 42.4 Å². The van der Waals surface area contributed by atoms with Crippen molar-refractivity contribution in [2.45, 2.75) is 24.0 Å². The number of nitrogens with zero attached hydrogens (tertiary/aromatic N) is 6. The van der Waals surface area contributed by atoms with Crippen LogP contribution < -0.4 is 20.0 Å². The highest BCUT2D eigenvalue weighted by Gasteiger charge is 2.41. The van der Waals surface area contributed by atoms with Crippen molar-refractivity contribution < 1.29 is 20.4 Å². The molecular weight excluding hydrogens is 1160 g/mol. The van der Waals surface area contributed by atoms with Crippen LogP contribution >= 0.6 is 0 Å². The molecule has 4 heterocycles. The van der Waals surface area contributed by atoms with E-state index in [4.69, 9.17) is 0 Å². The molecule has 2 N–H and O–H groups in total. The van der Waals surface area contributed by atoms with Crippen LogP contribution in [0.4, 0.5) is 34.1 Å². The highest BCUT2D eigenvalue weighted by molar-refractivity contribution is 5.90. The van der Waals surface area contributed by atoms with Crippen LogP contribution in [0.25, 0.3) is 89.0 Å². The van der Waals surface area contributed by atoms with Crippen molar-refractivity contribution in [3.05, 3.63) is 340 Å². The van der Waals surface area contributed by atoms with Crippen LogP contribution in [0.15, 0.2) is 329 Å². The smallest absolute Gasteiger partial charge is 0.121 e. The maximum absolute atomic E-state index is 14.7. The number of rotatable bonds is 16. The van der Waals surface area contributed by atoms with E-state index in [1.54, 1.807) is 49.1 Å². The Morgan fingerprint density at radius 3 is 0.702 bits per heavy atom. The van der Waals surface area contributed by atoms with E-state index < -0.39 is 24.0 Å². The number of anilines is 6. The second-order valence-corrected chi connectivity index (χ2v) is 23.5. The summed E-state index contributed by atoms with van der Waals surface area (Å²) in [5.74, 6) is -2.50. The number of hydrogen-bond donors (Lipinski definition) is 2. The van der Waals surface area contributed by atoms with Gasteiger partial charge in [0.25, 0.3) is 0 Å². The largest absolute Gasteiger partial charge is 0.851 e. The van der Waals surface area contributed by atoms with Crippen LogP contribution in [0.1, 0.15) is 23.0 Å². The zero-order chi connectivity index (χ0) is 63.5. The highest BCUT2D eigenvalue weighted by atomic mass is 16.3. The minimum absolute atomic E-state index is 0.168. The highest BCUT2D eigenvalue weighted by Crippen LogP contribution is 2.52. The molecular formula is C84H60N6O4-2. The summed E-state index contributed by atoms with van der Waals surface area (Å²) in [6, 6.07) is 92.3. The van der Waals surface area contributed by atoms with Crippen molar-refractivity contribution in [1.29, 1.82) is 0 Å². The van der Waals surface area contributed by atoms with E-state index in [-0.39, 0.29) is 22.6 Å². The summed E-state index contributed by atoms with van der Waals surface area (Å²) in [6.45, 7) is 0. The Morgan fingerprint density at radius 1 is 0.245 bits per heavy atom. The van der Waals surface area contributed by atoms with Crippen LogP contribution in [0.2, 0.25) is 0 Å². The van der Waals surface area contributed by atoms with E-state index in [0.717, 1.165) is 112 Å². The Hall–Kier alpha value is -12.1. The topological polar surface area (TPSA) is 145 Å². The quantitative estimate of drug-likeness (QED) is 0.0959. The fourth-order valence-corrected chi connectivity index (χ4v) is 13.3. The van der Waals surface area contributed by atoms with Crippen molar-refractivity contribution in [2.24, 2.45) is 0 Å². The van der Waals surface area contributed by atoms with Crippen LogP contribution in [0.3, 0.4) is 0 Å². The summed E-state index contributed by atoms with van der Waals surface area (Å²) >= 11 is 0. The molecule has 4 aromatic heterocycles. The third-order valence-corrected chi connectivity index (χ3v) is 18.0. The van der Waals surface area contributed by atoms with Gasteiger partial charge in [0, 0.05) is 118 Å². The number of phenols is 2. The lowest BCUT2D eigenvalue weighted by Gasteiger charge is -2.61. The van der Waals surface area contributed by atoms with Gasteiger partial charge in [-0.2, -0.15) is 0 Å².